The summed E-state index contributed by atoms with van der Waals surface area (Å²) in [6.45, 7) is 1.82. The topological polar surface area (TPSA) is 38.3 Å². The second kappa shape index (κ2) is 1.72. The van der Waals surface area contributed by atoms with E-state index in [1.165, 1.54) is 7.11 Å². The van der Waals surface area contributed by atoms with Crippen LogP contribution in [0.1, 0.15) is 6.42 Å². The minimum absolute atomic E-state index is 0.0255. The number of carbonyl (C=O) groups excluding carboxylic acids is 1. The van der Waals surface area contributed by atoms with Crippen molar-refractivity contribution in [1.29, 1.82) is 0 Å². The monoisotopic (exact) mass is 141 g/mol. The minimum atomic E-state index is -0.102. The number of methoxy groups -OCH3 is 1. The molecule has 1 saturated carbocycles. The van der Waals surface area contributed by atoms with E-state index in [4.69, 9.17) is 4.74 Å². The van der Waals surface area contributed by atoms with E-state index in [9.17, 15) is 4.79 Å². The molecule has 2 fully saturated rings. The quantitative estimate of drug-likeness (QED) is 0.512. The number of ether oxygens (including phenoxy) is 1. The molecule has 0 spiro atoms. The maximum Gasteiger partial charge on any atom is 0.313 e. The molecule has 0 aromatic carbocycles. The Labute approximate surface area is 59.7 Å². The van der Waals surface area contributed by atoms with E-state index >= 15 is 0 Å². The van der Waals surface area contributed by atoms with E-state index in [-0.39, 0.29) is 11.4 Å². The van der Waals surface area contributed by atoms with Crippen LogP contribution in [0.3, 0.4) is 0 Å². The van der Waals surface area contributed by atoms with Gasteiger partial charge in [0.1, 0.15) is 0 Å². The Hall–Kier alpha value is -0.570. The first-order valence-electron chi connectivity index (χ1n) is 3.59. The normalized spacial score (nSPS) is 42.7. The average Bonchev–Trinajstić information content (AvgIpc) is 2.54. The molecule has 1 heterocycles. The Bertz CT molecular complexity index is 180. The molecule has 0 aromatic rings. The molecule has 2 rings (SSSR count). The van der Waals surface area contributed by atoms with Gasteiger partial charge >= 0.3 is 5.97 Å². The summed E-state index contributed by atoms with van der Waals surface area (Å²) in [5.74, 6) is 0.544. The molecule has 56 valence electrons. The van der Waals surface area contributed by atoms with Crippen LogP contribution in [0.2, 0.25) is 0 Å². The summed E-state index contributed by atoms with van der Waals surface area (Å²) >= 11 is 0. The highest BCUT2D eigenvalue weighted by Crippen LogP contribution is 2.55. The number of hydrogen-bond donors (Lipinski definition) is 1. The van der Waals surface area contributed by atoms with Crippen LogP contribution in [0, 0.1) is 11.3 Å². The predicted octanol–water partition coefficient (Wildman–Crippen LogP) is -0.231. The summed E-state index contributed by atoms with van der Waals surface area (Å²) in [7, 11) is 1.46. The lowest BCUT2D eigenvalue weighted by Gasteiger charge is -2.06. The molecule has 2 atom stereocenters. The average molecular weight is 141 g/mol. The highest BCUT2D eigenvalue weighted by molar-refractivity contribution is 5.81. The molecule has 1 saturated heterocycles. The maximum atomic E-state index is 11.1. The Morgan fingerprint density at radius 3 is 3.00 bits per heavy atom. The first-order chi connectivity index (χ1) is 4.79. The predicted molar refractivity (Wildman–Crippen MR) is 35.4 cm³/mol. The van der Waals surface area contributed by atoms with Crippen molar-refractivity contribution in [1.82, 2.24) is 5.32 Å². The molecule has 0 unspecified atom stereocenters. The SMILES string of the molecule is COC(=O)[C@@]12CNC[C@H]1C2. The van der Waals surface area contributed by atoms with Crippen LogP contribution in [-0.2, 0) is 9.53 Å². The Kier molecular flexibility index (Phi) is 1.06. The van der Waals surface area contributed by atoms with Crippen molar-refractivity contribution in [2.45, 2.75) is 6.42 Å². The molecule has 0 aromatic heterocycles. The van der Waals surface area contributed by atoms with E-state index in [0.29, 0.717) is 5.92 Å². The standard InChI is InChI=1S/C7H11NO2/c1-10-6(9)7-2-5(7)3-8-4-7/h5,8H,2-4H2,1H3/t5-,7+/m1/s1. The van der Waals surface area contributed by atoms with Gasteiger partial charge in [0.05, 0.1) is 12.5 Å². The molecule has 1 N–H and O–H groups in total. The van der Waals surface area contributed by atoms with E-state index in [1.54, 1.807) is 0 Å². The minimum Gasteiger partial charge on any atom is -0.469 e. The zero-order valence-electron chi connectivity index (χ0n) is 6.02. The lowest BCUT2D eigenvalue weighted by molar-refractivity contribution is -0.146. The van der Waals surface area contributed by atoms with Crippen molar-refractivity contribution in [2.75, 3.05) is 20.2 Å². The molecule has 3 nitrogen and oxygen atoms in total. The van der Waals surface area contributed by atoms with Crippen LogP contribution in [0.15, 0.2) is 0 Å². The summed E-state index contributed by atoms with van der Waals surface area (Å²) in [5.41, 5.74) is -0.102. The molecule has 1 aliphatic carbocycles. The Morgan fingerprint density at radius 1 is 1.80 bits per heavy atom. The molecule has 0 amide bonds. The number of fused-ring (bicyclic) bond motifs is 1. The molecular weight excluding hydrogens is 130 g/mol. The van der Waals surface area contributed by atoms with Crippen molar-refractivity contribution in [3.8, 4) is 0 Å². The van der Waals surface area contributed by atoms with E-state index in [2.05, 4.69) is 5.32 Å². The van der Waals surface area contributed by atoms with Gasteiger partial charge in [-0.3, -0.25) is 4.79 Å². The molecule has 0 radical (unpaired) electrons. The smallest absolute Gasteiger partial charge is 0.313 e. The lowest BCUT2D eigenvalue weighted by Crippen LogP contribution is -2.24. The molecule has 2 aliphatic rings. The fourth-order valence-electron chi connectivity index (χ4n) is 1.86. The molecule has 0 bridgehead atoms. The summed E-state index contributed by atoms with van der Waals surface area (Å²) in [5, 5.41) is 3.18. The zero-order valence-corrected chi connectivity index (χ0v) is 6.02. The summed E-state index contributed by atoms with van der Waals surface area (Å²) < 4.78 is 4.70. The molecular formula is C7H11NO2. The van der Waals surface area contributed by atoms with Crippen LogP contribution < -0.4 is 5.32 Å². The van der Waals surface area contributed by atoms with E-state index < -0.39 is 0 Å². The third-order valence-electron chi connectivity index (χ3n) is 2.66. The van der Waals surface area contributed by atoms with Gasteiger partial charge in [-0.05, 0) is 18.9 Å². The third kappa shape index (κ3) is 0.560. The van der Waals surface area contributed by atoms with Crippen LogP contribution in [0.25, 0.3) is 0 Å². The molecule has 3 heteroatoms. The summed E-state index contributed by atoms with van der Waals surface area (Å²) in [4.78, 5) is 11.1. The van der Waals surface area contributed by atoms with E-state index in [0.717, 1.165) is 19.5 Å². The van der Waals surface area contributed by atoms with Crippen molar-refractivity contribution in [2.24, 2.45) is 11.3 Å². The van der Waals surface area contributed by atoms with Gasteiger partial charge in [0.15, 0.2) is 0 Å². The van der Waals surface area contributed by atoms with E-state index in [1.807, 2.05) is 0 Å². The summed E-state index contributed by atoms with van der Waals surface area (Å²) in [6, 6.07) is 0. The second-order valence-corrected chi connectivity index (χ2v) is 3.18. The van der Waals surface area contributed by atoms with Gasteiger partial charge in [0.2, 0.25) is 0 Å². The van der Waals surface area contributed by atoms with Crippen molar-refractivity contribution >= 4 is 5.97 Å². The van der Waals surface area contributed by atoms with Gasteiger partial charge in [-0.1, -0.05) is 0 Å². The highest BCUT2D eigenvalue weighted by Gasteiger charge is 2.63. The second-order valence-electron chi connectivity index (χ2n) is 3.18. The molecule has 10 heavy (non-hydrogen) atoms. The van der Waals surface area contributed by atoms with Gasteiger partial charge in [-0.2, -0.15) is 0 Å². The fraction of sp³-hybridized carbons (Fsp3) is 0.857. The van der Waals surface area contributed by atoms with Crippen molar-refractivity contribution in [3.05, 3.63) is 0 Å². The first kappa shape index (κ1) is 6.16. The maximum absolute atomic E-state index is 11.1. The number of hydrogen-bond acceptors (Lipinski definition) is 3. The number of rotatable bonds is 1. The Balaban J connectivity index is 2.11. The molecule has 1 aliphatic heterocycles. The van der Waals surface area contributed by atoms with Crippen LogP contribution in [0.5, 0.6) is 0 Å². The lowest BCUT2D eigenvalue weighted by atomic mass is 10.1. The zero-order chi connectivity index (χ0) is 7.19. The van der Waals surface area contributed by atoms with Crippen LogP contribution in [0.4, 0.5) is 0 Å². The largest absolute Gasteiger partial charge is 0.469 e. The third-order valence-corrected chi connectivity index (χ3v) is 2.66. The van der Waals surface area contributed by atoms with Crippen molar-refractivity contribution < 1.29 is 9.53 Å². The summed E-state index contributed by atoms with van der Waals surface area (Å²) in [6.07, 6.45) is 1.03. The van der Waals surface area contributed by atoms with Gasteiger partial charge < -0.3 is 10.1 Å². The number of carbonyl (C=O) groups is 1. The Morgan fingerprint density at radius 2 is 2.60 bits per heavy atom. The number of nitrogens with one attached hydrogen (secondary N) is 1. The van der Waals surface area contributed by atoms with Gasteiger partial charge in [0, 0.05) is 6.54 Å². The fourth-order valence-corrected chi connectivity index (χ4v) is 1.86. The van der Waals surface area contributed by atoms with Crippen LogP contribution >= 0.6 is 0 Å². The van der Waals surface area contributed by atoms with Crippen LogP contribution in [-0.4, -0.2) is 26.2 Å². The number of piperidine rings is 1. The first-order valence-corrected chi connectivity index (χ1v) is 3.59. The van der Waals surface area contributed by atoms with Gasteiger partial charge in [0.25, 0.3) is 0 Å². The van der Waals surface area contributed by atoms with Gasteiger partial charge in [-0.15, -0.1) is 0 Å². The van der Waals surface area contributed by atoms with Crippen molar-refractivity contribution in [3.63, 3.8) is 0 Å². The van der Waals surface area contributed by atoms with Gasteiger partial charge in [-0.25, -0.2) is 0 Å². The highest BCUT2D eigenvalue weighted by atomic mass is 16.5. The number of esters is 1.